The van der Waals surface area contributed by atoms with Crippen LogP contribution in [0.4, 0.5) is 5.69 Å². The van der Waals surface area contributed by atoms with E-state index in [1.165, 1.54) is 0 Å². The number of carbonyl (C=O) groups excluding carboxylic acids is 1. The van der Waals surface area contributed by atoms with Crippen molar-refractivity contribution in [2.45, 2.75) is 13.3 Å². The summed E-state index contributed by atoms with van der Waals surface area (Å²) >= 11 is 6.72. The van der Waals surface area contributed by atoms with Crippen molar-refractivity contribution in [2.75, 3.05) is 24.5 Å². The number of nitrogens with one attached hydrogen (secondary N) is 2. The molecular formula is C19H19ClN4O. The van der Waals surface area contributed by atoms with Crippen LogP contribution in [0.1, 0.15) is 12.5 Å². The zero-order chi connectivity index (χ0) is 17.4. The molecule has 4 rings (SSSR count). The van der Waals surface area contributed by atoms with Gasteiger partial charge in [0.25, 0.3) is 0 Å². The van der Waals surface area contributed by atoms with Gasteiger partial charge in [0.2, 0.25) is 5.91 Å². The van der Waals surface area contributed by atoms with Gasteiger partial charge in [0.05, 0.1) is 11.6 Å². The third kappa shape index (κ3) is 2.79. The molecule has 0 atom stereocenters. The number of aryl methyl sites for hydroxylation is 1. The minimum absolute atomic E-state index is 0.0852. The van der Waals surface area contributed by atoms with Crippen molar-refractivity contribution in [3.05, 3.63) is 47.2 Å². The third-order valence-electron chi connectivity index (χ3n) is 4.66. The normalized spacial score (nSPS) is 15.1. The summed E-state index contributed by atoms with van der Waals surface area (Å²) in [6.45, 7) is 3.95. The maximum atomic E-state index is 12.2. The van der Waals surface area contributed by atoms with Crippen LogP contribution in [0.5, 0.6) is 0 Å². The van der Waals surface area contributed by atoms with Crippen molar-refractivity contribution in [2.24, 2.45) is 0 Å². The molecule has 1 aromatic carbocycles. The number of piperazine rings is 1. The lowest BCUT2D eigenvalue weighted by molar-refractivity contribution is -0.118. The van der Waals surface area contributed by atoms with Gasteiger partial charge in [-0.2, -0.15) is 0 Å². The van der Waals surface area contributed by atoms with Gasteiger partial charge in [0, 0.05) is 42.1 Å². The zero-order valence-electron chi connectivity index (χ0n) is 14.0. The van der Waals surface area contributed by atoms with E-state index in [1.54, 1.807) is 6.20 Å². The molecule has 0 aliphatic carbocycles. The number of fused-ring (bicyclic) bond motifs is 1. The van der Waals surface area contributed by atoms with Gasteiger partial charge in [0.15, 0.2) is 0 Å². The second-order valence-electron chi connectivity index (χ2n) is 6.15. The van der Waals surface area contributed by atoms with Crippen molar-refractivity contribution in [3.63, 3.8) is 0 Å². The van der Waals surface area contributed by atoms with Crippen LogP contribution in [-0.4, -0.2) is 35.5 Å². The SMILES string of the molecule is CCc1c[nH]c2ncc(-c3cccc(N4CCNCC4=O)c3)c(Cl)c12. The number of pyridine rings is 1. The van der Waals surface area contributed by atoms with Crippen LogP contribution in [0.15, 0.2) is 36.7 Å². The van der Waals surface area contributed by atoms with Crippen molar-refractivity contribution >= 4 is 34.2 Å². The molecule has 1 aliphatic rings. The van der Waals surface area contributed by atoms with E-state index in [2.05, 4.69) is 22.2 Å². The molecule has 25 heavy (non-hydrogen) atoms. The van der Waals surface area contributed by atoms with Crippen LogP contribution in [-0.2, 0) is 11.2 Å². The summed E-state index contributed by atoms with van der Waals surface area (Å²) in [4.78, 5) is 21.7. The lowest BCUT2D eigenvalue weighted by atomic mass is 10.0. The molecule has 1 aliphatic heterocycles. The Morgan fingerprint density at radius 3 is 3.04 bits per heavy atom. The van der Waals surface area contributed by atoms with Crippen LogP contribution >= 0.6 is 11.6 Å². The van der Waals surface area contributed by atoms with Crippen LogP contribution in [0.25, 0.3) is 22.2 Å². The number of carbonyl (C=O) groups is 1. The number of amides is 1. The molecule has 2 N–H and O–H groups in total. The number of halogens is 1. The fourth-order valence-electron chi connectivity index (χ4n) is 3.32. The molecule has 1 saturated heterocycles. The van der Waals surface area contributed by atoms with E-state index >= 15 is 0 Å². The first-order valence-corrected chi connectivity index (χ1v) is 8.83. The fraction of sp³-hybridized carbons (Fsp3) is 0.263. The Morgan fingerprint density at radius 2 is 2.24 bits per heavy atom. The lowest BCUT2D eigenvalue weighted by Crippen LogP contribution is -2.48. The highest BCUT2D eigenvalue weighted by Crippen LogP contribution is 2.36. The summed E-state index contributed by atoms with van der Waals surface area (Å²) in [5.41, 5.74) is 4.70. The fourth-order valence-corrected chi connectivity index (χ4v) is 3.69. The molecule has 0 bridgehead atoms. The quantitative estimate of drug-likeness (QED) is 0.758. The summed E-state index contributed by atoms with van der Waals surface area (Å²) in [5, 5.41) is 4.77. The van der Waals surface area contributed by atoms with E-state index in [0.717, 1.165) is 46.4 Å². The molecule has 6 heteroatoms. The summed E-state index contributed by atoms with van der Waals surface area (Å²) in [5.74, 6) is 0.0852. The number of rotatable bonds is 3. The molecule has 0 spiro atoms. The summed E-state index contributed by atoms with van der Waals surface area (Å²) in [6.07, 6.45) is 4.64. The van der Waals surface area contributed by atoms with Crippen LogP contribution in [0.2, 0.25) is 5.02 Å². The number of H-pyrrole nitrogens is 1. The minimum Gasteiger partial charge on any atom is -0.346 e. The van der Waals surface area contributed by atoms with Gasteiger partial charge in [-0.25, -0.2) is 4.98 Å². The monoisotopic (exact) mass is 354 g/mol. The number of hydrogen-bond acceptors (Lipinski definition) is 3. The van der Waals surface area contributed by atoms with Crippen molar-refractivity contribution in [1.29, 1.82) is 0 Å². The minimum atomic E-state index is 0.0852. The maximum Gasteiger partial charge on any atom is 0.240 e. The molecule has 0 unspecified atom stereocenters. The molecule has 128 valence electrons. The maximum absolute atomic E-state index is 12.2. The predicted molar refractivity (Wildman–Crippen MR) is 101 cm³/mol. The molecule has 0 saturated carbocycles. The summed E-state index contributed by atoms with van der Waals surface area (Å²) < 4.78 is 0. The Kier molecular flexibility index (Phi) is 4.19. The highest BCUT2D eigenvalue weighted by atomic mass is 35.5. The van der Waals surface area contributed by atoms with E-state index in [-0.39, 0.29) is 5.91 Å². The predicted octanol–water partition coefficient (Wildman–Crippen LogP) is 3.38. The van der Waals surface area contributed by atoms with Gasteiger partial charge in [0.1, 0.15) is 5.65 Å². The molecule has 5 nitrogen and oxygen atoms in total. The second-order valence-corrected chi connectivity index (χ2v) is 6.53. The number of aromatic amines is 1. The van der Waals surface area contributed by atoms with E-state index < -0.39 is 0 Å². The highest BCUT2D eigenvalue weighted by Gasteiger charge is 2.20. The highest BCUT2D eigenvalue weighted by molar-refractivity contribution is 6.38. The van der Waals surface area contributed by atoms with Gasteiger partial charge in [-0.1, -0.05) is 30.7 Å². The Morgan fingerprint density at radius 1 is 1.36 bits per heavy atom. The number of nitrogens with zero attached hydrogens (tertiary/aromatic N) is 2. The van der Waals surface area contributed by atoms with Crippen molar-refractivity contribution < 1.29 is 4.79 Å². The van der Waals surface area contributed by atoms with Crippen LogP contribution in [0, 0.1) is 0 Å². The molecule has 1 amide bonds. The molecular weight excluding hydrogens is 336 g/mol. The zero-order valence-corrected chi connectivity index (χ0v) is 14.7. The summed E-state index contributed by atoms with van der Waals surface area (Å²) in [6, 6.07) is 7.93. The molecule has 0 radical (unpaired) electrons. The first kappa shape index (κ1) is 16.1. The van der Waals surface area contributed by atoms with Crippen molar-refractivity contribution in [1.82, 2.24) is 15.3 Å². The second kappa shape index (κ2) is 6.50. The standard InChI is InChI=1S/C19H19ClN4O/c1-2-12-9-22-19-17(12)18(20)15(10-23-19)13-4-3-5-14(8-13)24-7-6-21-11-16(24)25/h3-5,8-10,21H,2,6-7,11H2,1H3,(H,22,23). The Hall–Kier alpha value is -2.37. The molecule has 1 fully saturated rings. The van der Waals surface area contributed by atoms with Gasteiger partial charge >= 0.3 is 0 Å². The molecule has 2 aromatic heterocycles. The molecule has 3 heterocycles. The van der Waals surface area contributed by atoms with Crippen LogP contribution < -0.4 is 10.2 Å². The van der Waals surface area contributed by atoms with Gasteiger partial charge in [-0.15, -0.1) is 0 Å². The topological polar surface area (TPSA) is 61.0 Å². The van der Waals surface area contributed by atoms with E-state index in [4.69, 9.17) is 11.6 Å². The van der Waals surface area contributed by atoms with Gasteiger partial charge in [-0.3, -0.25) is 4.79 Å². The Bertz CT molecular complexity index is 950. The molecule has 3 aromatic rings. The number of aromatic nitrogens is 2. The van der Waals surface area contributed by atoms with Gasteiger partial charge in [-0.05, 0) is 29.7 Å². The van der Waals surface area contributed by atoms with Gasteiger partial charge < -0.3 is 15.2 Å². The lowest BCUT2D eigenvalue weighted by Gasteiger charge is -2.27. The first-order chi connectivity index (χ1) is 12.2. The largest absolute Gasteiger partial charge is 0.346 e. The van der Waals surface area contributed by atoms with E-state index in [0.29, 0.717) is 18.1 Å². The summed E-state index contributed by atoms with van der Waals surface area (Å²) in [7, 11) is 0. The average molecular weight is 355 g/mol. The number of hydrogen-bond donors (Lipinski definition) is 2. The average Bonchev–Trinajstić information content (AvgIpc) is 3.07. The Balaban J connectivity index is 1.80. The smallest absolute Gasteiger partial charge is 0.240 e. The Labute approximate surface area is 151 Å². The van der Waals surface area contributed by atoms with Crippen molar-refractivity contribution in [3.8, 4) is 11.1 Å². The van der Waals surface area contributed by atoms with E-state index in [1.807, 2.05) is 35.4 Å². The third-order valence-corrected chi connectivity index (χ3v) is 5.05. The number of anilines is 1. The van der Waals surface area contributed by atoms with Crippen LogP contribution in [0.3, 0.4) is 0 Å². The number of benzene rings is 1. The first-order valence-electron chi connectivity index (χ1n) is 8.45. The van der Waals surface area contributed by atoms with E-state index in [9.17, 15) is 4.79 Å².